The van der Waals surface area contributed by atoms with Crippen LogP contribution in [0.2, 0.25) is 0 Å². The van der Waals surface area contributed by atoms with E-state index in [1.54, 1.807) is 11.3 Å². The SMILES string of the molecule is c1ccc2c(c1)oc1ccc(-c3ccc(-c4nc5c(-c6ccc(-n7c8ccccc8c8ccccc87)cc6)ccc(-c6ccc(-n7c8ccccc8c8ccccc87)cc6)c5s4)cc3)cc12. The Balaban J connectivity index is 0.882. The molecule has 0 atom stereocenters. The third-order valence-electron chi connectivity index (χ3n) is 13.4. The molecule has 0 amide bonds. The molecule has 0 aliphatic rings. The molecule has 0 radical (unpaired) electrons. The van der Waals surface area contributed by atoms with Gasteiger partial charge in [-0.2, -0.15) is 0 Å². The van der Waals surface area contributed by atoms with Gasteiger partial charge in [-0.05, 0) is 89.0 Å². The maximum absolute atomic E-state index is 6.13. The molecule has 0 N–H and O–H groups in total. The average Bonchev–Trinajstić information content (AvgIpc) is 4.16. The Labute approximate surface area is 383 Å². The van der Waals surface area contributed by atoms with Gasteiger partial charge in [-0.3, -0.25) is 0 Å². The van der Waals surface area contributed by atoms with Gasteiger partial charge in [0.05, 0.1) is 32.3 Å². The first-order chi connectivity index (χ1) is 32.7. The van der Waals surface area contributed by atoms with Crippen LogP contribution in [0.15, 0.2) is 229 Å². The Kier molecular flexibility index (Phi) is 8.12. The smallest absolute Gasteiger partial charge is 0.135 e. The van der Waals surface area contributed by atoms with Gasteiger partial charge in [-0.1, -0.05) is 158 Å². The molecule has 308 valence electrons. The standard InChI is InChI=1S/C61H37N3OS/c1-6-16-53-47(11-1)48-12-2-7-17-54(48)63(53)43-30-25-39(26-31-43)45-34-35-46(40-27-32-44(33-28-40)64-55-18-8-3-13-49(55)50-14-4-9-19-56(50)64)60-59(45)62-61(66-60)41-23-21-38(22-24-41)42-29-36-58-52(37-42)51-15-5-10-20-57(51)65-58/h1-37H. The second-order valence-corrected chi connectivity index (χ2v) is 18.1. The molecule has 0 saturated heterocycles. The van der Waals surface area contributed by atoms with E-state index in [1.807, 2.05) is 12.1 Å². The first kappa shape index (κ1) is 36.9. The van der Waals surface area contributed by atoms with Crippen LogP contribution in [-0.2, 0) is 0 Å². The average molecular weight is 860 g/mol. The summed E-state index contributed by atoms with van der Waals surface area (Å²) in [7, 11) is 0. The van der Waals surface area contributed by atoms with E-state index in [2.05, 4.69) is 221 Å². The van der Waals surface area contributed by atoms with Crippen LogP contribution >= 0.6 is 11.3 Å². The highest BCUT2D eigenvalue weighted by atomic mass is 32.1. The number of benzene rings is 10. The van der Waals surface area contributed by atoms with Crippen LogP contribution in [0.4, 0.5) is 0 Å². The van der Waals surface area contributed by atoms with Crippen molar-refractivity contribution in [3.05, 3.63) is 224 Å². The van der Waals surface area contributed by atoms with Gasteiger partial charge in [0.2, 0.25) is 0 Å². The second-order valence-electron chi connectivity index (χ2n) is 17.1. The summed E-state index contributed by atoms with van der Waals surface area (Å²) in [5.41, 5.74) is 17.9. The van der Waals surface area contributed by atoms with Crippen molar-refractivity contribution in [1.82, 2.24) is 14.1 Å². The zero-order valence-corrected chi connectivity index (χ0v) is 36.3. The first-order valence-electron chi connectivity index (χ1n) is 22.4. The molecule has 14 rings (SSSR count). The van der Waals surface area contributed by atoms with E-state index in [9.17, 15) is 0 Å². The monoisotopic (exact) mass is 859 g/mol. The lowest BCUT2D eigenvalue weighted by atomic mass is 9.98. The van der Waals surface area contributed by atoms with Crippen molar-refractivity contribution in [1.29, 1.82) is 0 Å². The van der Waals surface area contributed by atoms with Crippen molar-refractivity contribution in [2.45, 2.75) is 0 Å². The molecular formula is C61H37N3OS. The first-order valence-corrected chi connectivity index (χ1v) is 23.2. The largest absolute Gasteiger partial charge is 0.456 e. The number of fused-ring (bicyclic) bond motifs is 10. The fourth-order valence-corrected chi connectivity index (χ4v) is 11.4. The van der Waals surface area contributed by atoms with Gasteiger partial charge >= 0.3 is 0 Å². The van der Waals surface area contributed by atoms with E-state index in [-0.39, 0.29) is 0 Å². The fraction of sp³-hybridized carbons (Fsp3) is 0. The molecular weight excluding hydrogens is 823 g/mol. The number of hydrogen-bond acceptors (Lipinski definition) is 3. The molecule has 4 nitrogen and oxygen atoms in total. The van der Waals surface area contributed by atoms with Gasteiger partial charge in [0, 0.05) is 60.4 Å². The zero-order valence-electron chi connectivity index (χ0n) is 35.5. The van der Waals surface area contributed by atoms with E-state index in [4.69, 9.17) is 9.40 Å². The molecule has 10 aromatic carbocycles. The Morgan fingerprint density at radius 2 is 0.758 bits per heavy atom. The second kappa shape index (κ2) is 14.5. The number of aromatic nitrogens is 3. The summed E-state index contributed by atoms with van der Waals surface area (Å²) >= 11 is 1.76. The molecule has 66 heavy (non-hydrogen) atoms. The molecule has 14 aromatic rings. The highest BCUT2D eigenvalue weighted by Gasteiger charge is 2.19. The minimum Gasteiger partial charge on any atom is -0.456 e. The molecule has 0 saturated carbocycles. The van der Waals surface area contributed by atoms with E-state index in [0.29, 0.717) is 0 Å². The lowest BCUT2D eigenvalue weighted by molar-refractivity contribution is 0.669. The minimum absolute atomic E-state index is 0.903. The molecule has 0 unspecified atom stereocenters. The molecule has 0 spiro atoms. The number of thiazole rings is 1. The van der Waals surface area contributed by atoms with E-state index < -0.39 is 0 Å². The number of hydrogen-bond donors (Lipinski definition) is 0. The summed E-state index contributed by atoms with van der Waals surface area (Å²) in [6.45, 7) is 0. The van der Waals surface area contributed by atoms with Crippen molar-refractivity contribution >= 4 is 87.1 Å². The van der Waals surface area contributed by atoms with Crippen LogP contribution < -0.4 is 0 Å². The predicted octanol–water partition coefficient (Wildman–Crippen LogP) is 17.1. The van der Waals surface area contributed by atoms with Crippen LogP contribution in [-0.4, -0.2) is 14.1 Å². The Morgan fingerprint density at radius 1 is 0.333 bits per heavy atom. The van der Waals surface area contributed by atoms with E-state index >= 15 is 0 Å². The predicted molar refractivity (Wildman–Crippen MR) is 277 cm³/mol. The van der Waals surface area contributed by atoms with E-state index in [0.717, 1.165) is 77.2 Å². The third kappa shape index (κ3) is 5.67. The highest BCUT2D eigenvalue weighted by Crippen LogP contribution is 2.43. The van der Waals surface area contributed by atoms with Crippen LogP contribution in [0.25, 0.3) is 131 Å². The van der Waals surface area contributed by atoms with Crippen molar-refractivity contribution in [3.8, 4) is 55.3 Å². The summed E-state index contributed by atoms with van der Waals surface area (Å²) in [6, 6.07) is 80.9. The van der Waals surface area contributed by atoms with Crippen LogP contribution in [0.5, 0.6) is 0 Å². The number of para-hydroxylation sites is 5. The number of nitrogens with zero attached hydrogens (tertiary/aromatic N) is 3. The van der Waals surface area contributed by atoms with Crippen LogP contribution in [0.1, 0.15) is 0 Å². The Morgan fingerprint density at radius 3 is 1.32 bits per heavy atom. The van der Waals surface area contributed by atoms with Crippen molar-refractivity contribution in [2.24, 2.45) is 0 Å². The minimum atomic E-state index is 0.903. The number of rotatable bonds is 6. The third-order valence-corrected chi connectivity index (χ3v) is 14.6. The van der Waals surface area contributed by atoms with Crippen LogP contribution in [0.3, 0.4) is 0 Å². The highest BCUT2D eigenvalue weighted by molar-refractivity contribution is 7.22. The van der Waals surface area contributed by atoms with E-state index in [1.165, 1.54) is 53.9 Å². The summed E-state index contributed by atoms with van der Waals surface area (Å²) < 4.78 is 12.0. The molecule has 0 aliphatic heterocycles. The van der Waals surface area contributed by atoms with Crippen molar-refractivity contribution < 1.29 is 4.42 Å². The Hall–Kier alpha value is -8.51. The van der Waals surface area contributed by atoms with Gasteiger partial charge in [0.1, 0.15) is 16.2 Å². The van der Waals surface area contributed by atoms with Crippen molar-refractivity contribution in [3.63, 3.8) is 0 Å². The van der Waals surface area contributed by atoms with Gasteiger partial charge in [0.25, 0.3) is 0 Å². The quantitative estimate of drug-likeness (QED) is 0.167. The lowest BCUT2D eigenvalue weighted by Gasteiger charge is -2.12. The normalized spacial score (nSPS) is 11.9. The molecule has 5 heteroatoms. The molecule has 0 aliphatic carbocycles. The topological polar surface area (TPSA) is 35.9 Å². The van der Waals surface area contributed by atoms with Gasteiger partial charge in [0.15, 0.2) is 0 Å². The maximum atomic E-state index is 6.13. The van der Waals surface area contributed by atoms with Gasteiger partial charge in [-0.15, -0.1) is 11.3 Å². The summed E-state index contributed by atoms with van der Waals surface area (Å²) in [5.74, 6) is 0. The molecule has 0 bridgehead atoms. The molecule has 0 fully saturated rings. The number of furan rings is 1. The zero-order chi connectivity index (χ0) is 43.3. The van der Waals surface area contributed by atoms with Crippen molar-refractivity contribution in [2.75, 3.05) is 0 Å². The fourth-order valence-electron chi connectivity index (χ4n) is 10.3. The lowest BCUT2D eigenvalue weighted by Crippen LogP contribution is -1.94. The summed E-state index contributed by atoms with van der Waals surface area (Å²) in [5, 5.41) is 8.29. The summed E-state index contributed by atoms with van der Waals surface area (Å²) in [4.78, 5) is 5.49. The van der Waals surface area contributed by atoms with Gasteiger partial charge in [-0.25, -0.2) is 4.98 Å². The maximum Gasteiger partial charge on any atom is 0.135 e. The molecule has 4 heterocycles. The van der Waals surface area contributed by atoms with Gasteiger partial charge < -0.3 is 13.6 Å². The van der Waals surface area contributed by atoms with Crippen LogP contribution in [0, 0.1) is 0 Å². The molecule has 4 aromatic heterocycles. The summed E-state index contributed by atoms with van der Waals surface area (Å²) in [6.07, 6.45) is 0. The Bertz CT molecular complexity index is 3900.